The highest BCUT2D eigenvalue weighted by molar-refractivity contribution is 7.90. The predicted molar refractivity (Wildman–Crippen MR) is 126 cm³/mol. The number of nitrogens with zero attached hydrogens (tertiary/aromatic N) is 3. The molecule has 1 fully saturated rings. The first kappa shape index (κ1) is 24.7. The number of hydrogen-bond donors (Lipinski definition) is 1. The van der Waals surface area contributed by atoms with Gasteiger partial charge < -0.3 is 10.2 Å². The van der Waals surface area contributed by atoms with Crippen molar-refractivity contribution in [2.45, 2.75) is 25.7 Å². The van der Waals surface area contributed by atoms with Crippen molar-refractivity contribution in [3.8, 4) is 0 Å². The number of hydrogen-bond acceptors (Lipinski definition) is 4. The summed E-state index contributed by atoms with van der Waals surface area (Å²) in [6.45, 7) is 0.653. The number of amides is 2. The first-order valence-electron chi connectivity index (χ1n) is 10.8. The molecule has 8 nitrogen and oxygen atoms in total. The number of nitrogens with one attached hydrogen (secondary N) is 1. The van der Waals surface area contributed by atoms with Crippen molar-refractivity contribution in [1.82, 2.24) is 9.21 Å². The average Bonchev–Trinajstić information content (AvgIpc) is 3.07. The summed E-state index contributed by atoms with van der Waals surface area (Å²) in [5.41, 5.74) is 0.378. The van der Waals surface area contributed by atoms with E-state index in [0.29, 0.717) is 23.0 Å². The van der Waals surface area contributed by atoms with Crippen LogP contribution in [0.5, 0.6) is 0 Å². The Labute approximate surface area is 194 Å². The van der Waals surface area contributed by atoms with E-state index in [4.69, 9.17) is 0 Å². The second-order valence-corrected chi connectivity index (χ2v) is 10.1. The number of halogens is 1. The van der Waals surface area contributed by atoms with Gasteiger partial charge in [0.05, 0.1) is 16.9 Å². The van der Waals surface area contributed by atoms with Crippen LogP contribution < -0.4 is 9.62 Å². The molecule has 2 amide bonds. The zero-order valence-electron chi connectivity index (χ0n) is 18.8. The molecule has 1 N–H and O–H groups in total. The monoisotopic (exact) mass is 476 g/mol. The molecule has 10 heteroatoms. The van der Waals surface area contributed by atoms with E-state index in [9.17, 15) is 22.4 Å². The number of rotatable bonds is 7. The van der Waals surface area contributed by atoms with Gasteiger partial charge in [-0.3, -0.25) is 9.59 Å². The van der Waals surface area contributed by atoms with Gasteiger partial charge in [-0.15, -0.1) is 0 Å². The lowest BCUT2D eigenvalue weighted by atomic mass is 10.1. The van der Waals surface area contributed by atoms with Gasteiger partial charge in [-0.05, 0) is 37.1 Å². The average molecular weight is 477 g/mol. The van der Waals surface area contributed by atoms with Crippen molar-refractivity contribution >= 4 is 33.4 Å². The minimum absolute atomic E-state index is 0.181. The number of carbonyl (C=O) groups is 2. The lowest BCUT2D eigenvalue weighted by molar-refractivity contribution is -0.114. The van der Waals surface area contributed by atoms with E-state index in [0.717, 1.165) is 36.1 Å². The standard InChI is InChI=1S/C23H29FN4O4S/c1-26(2)33(31,32)28(21-14-8-6-12-19(21)24)17-22(29)25-20-13-7-5-11-18(20)23(30)27-15-9-3-4-10-16-27/h5-8,11-14H,3-4,9-10,15-17H2,1-2H3,(H,25,29). The van der Waals surface area contributed by atoms with Gasteiger partial charge in [-0.1, -0.05) is 37.1 Å². The van der Waals surface area contributed by atoms with E-state index in [-0.39, 0.29) is 17.3 Å². The molecule has 1 heterocycles. The molecule has 2 aromatic rings. The van der Waals surface area contributed by atoms with Crippen LogP contribution in [-0.2, 0) is 15.0 Å². The van der Waals surface area contributed by atoms with Gasteiger partial charge in [-0.2, -0.15) is 12.7 Å². The Kier molecular flexibility index (Phi) is 8.04. The smallest absolute Gasteiger partial charge is 0.304 e. The Bertz CT molecular complexity index is 1100. The summed E-state index contributed by atoms with van der Waals surface area (Å²) in [5.74, 6) is -1.65. The van der Waals surface area contributed by atoms with Gasteiger partial charge in [0, 0.05) is 27.2 Å². The minimum Gasteiger partial charge on any atom is -0.339 e. The Hall–Kier alpha value is -2.98. The van der Waals surface area contributed by atoms with Gasteiger partial charge in [0.15, 0.2) is 0 Å². The van der Waals surface area contributed by atoms with Crippen LogP contribution >= 0.6 is 0 Å². The molecule has 0 atom stereocenters. The maximum absolute atomic E-state index is 14.4. The summed E-state index contributed by atoms with van der Waals surface area (Å²) in [7, 11) is -1.56. The third-order valence-corrected chi connectivity index (χ3v) is 7.28. The maximum atomic E-state index is 14.4. The van der Waals surface area contributed by atoms with Gasteiger partial charge >= 0.3 is 10.2 Å². The number of carbonyl (C=O) groups excluding carboxylic acids is 2. The zero-order valence-corrected chi connectivity index (χ0v) is 19.6. The highest BCUT2D eigenvalue weighted by atomic mass is 32.2. The minimum atomic E-state index is -4.16. The van der Waals surface area contributed by atoms with Crippen LogP contribution in [0.1, 0.15) is 36.0 Å². The van der Waals surface area contributed by atoms with Gasteiger partial charge in [-0.25, -0.2) is 8.70 Å². The second kappa shape index (κ2) is 10.8. The van der Waals surface area contributed by atoms with Crippen LogP contribution in [0.3, 0.4) is 0 Å². The van der Waals surface area contributed by atoms with E-state index >= 15 is 0 Å². The molecule has 0 spiro atoms. The lowest BCUT2D eigenvalue weighted by Gasteiger charge is -2.27. The van der Waals surface area contributed by atoms with Crippen molar-refractivity contribution in [1.29, 1.82) is 0 Å². The van der Waals surface area contributed by atoms with Crippen LogP contribution in [0.15, 0.2) is 48.5 Å². The van der Waals surface area contributed by atoms with Crippen molar-refractivity contribution < 1.29 is 22.4 Å². The van der Waals surface area contributed by atoms with E-state index in [1.165, 1.54) is 32.3 Å². The molecule has 0 saturated carbocycles. The largest absolute Gasteiger partial charge is 0.339 e. The van der Waals surface area contributed by atoms with Crippen LogP contribution in [0.2, 0.25) is 0 Å². The molecule has 0 bridgehead atoms. The van der Waals surface area contributed by atoms with Gasteiger partial charge in [0.1, 0.15) is 12.4 Å². The van der Waals surface area contributed by atoms with Crippen LogP contribution in [0, 0.1) is 5.82 Å². The Morgan fingerprint density at radius 2 is 1.58 bits per heavy atom. The molecule has 0 radical (unpaired) electrons. The normalized spacial score (nSPS) is 14.6. The highest BCUT2D eigenvalue weighted by Crippen LogP contribution is 2.24. The summed E-state index contributed by atoms with van der Waals surface area (Å²) < 4.78 is 41.7. The van der Waals surface area contributed by atoms with Crippen molar-refractivity contribution in [3.05, 3.63) is 59.9 Å². The van der Waals surface area contributed by atoms with Crippen molar-refractivity contribution in [2.24, 2.45) is 0 Å². The number of anilines is 2. The molecule has 0 aliphatic carbocycles. The van der Waals surface area contributed by atoms with Crippen molar-refractivity contribution in [2.75, 3.05) is 43.4 Å². The highest BCUT2D eigenvalue weighted by Gasteiger charge is 2.30. The van der Waals surface area contributed by atoms with Crippen LogP contribution in [-0.4, -0.2) is 63.2 Å². The van der Waals surface area contributed by atoms with Crippen molar-refractivity contribution in [3.63, 3.8) is 0 Å². The quantitative estimate of drug-likeness (QED) is 0.665. The first-order valence-corrected chi connectivity index (χ1v) is 12.2. The molecule has 1 aliphatic rings. The second-order valence-electron chi connectivity index (χ2n) is 8.05. The predicted octanol–water partition coefficient (Wildman–Crippen LogP) is 3.09. The number of benzene rings is 2. The molecule has 0 aromatic heterocycles. The van der Waals surface area contributed by atoms with Gasteiger partial charge in [0.2, 0.25) is 5.91 Å². The summed E-state index contributed by atoms with van der Waals surface area (Å²) in [5, 5.41) is 2.64. The number of likely N-dealkylation sites (tertiary alicyclic amines) is 1. The molecule has 1 saturated heterocycles. The first-order chi connectivity index (χ1) is 15.7. The van der Waals surface area contributed by atoms with Crippen LogP contribution in [0.25, 0.3) is 0 Å². The molecular formula is C23H29FN4O4S. The fourth-order valence-corrected chi connectivity index (χ4v) is 4.76. The summed E-state index contributed by atoms with van der Waals surface area (Å²) in [6, 6.07) is 12.0. The van der Waals surface area contributed by atoms with E-state index in [2.05, 4.69) is 5.32 Å². The molecule has 2 aromatic carbocycles. The molecule has 3 rings (SSSR count). The Morgan fingerprint density at radius 3 is 2.21 bits per heavy atom. The molecular weight excluding hydrogens is 447 g/mol. The third kappa shape index (κ3) is 5.88. The van der Waals surface area contributed by atoms with E-state index in [1.807, 2.05) is 0 Å². The summed E-state index contributed by atoms with van der Waals surface area (Å²) in [6.07, 6.45) is 4.02. The molecule has 1 aliphatic heterocycles. The SMILES string of the molecule is CN(C)S(=O)(=O)N(CC(=O)Nc1ccccc1C(=O)N1CCCCCC1)c1ccccc1F. The summed E-state index contributed by atoms with van der Waals surface area (Å²) in [4.78, 5) is 27.8. The lowest BCUT2D eigenvalue weighted by Crippen LogP contribution is -2.44. The topological polar surface area (TPSA) is 90.0 Å². The number of para-hydroxylation sites is 2. The van der Waals surface area contributed by atoms with E-state index in [1.54, 1.807) is 29.2 Å². The molecule has 0 unspecified atom stereocenters. The molecule has 33 heavy (non-hydrogen) atoms. The fraction of sp³-hybridized carbons (Fsp3) is 0.391. The molecule has 178 valence electrons. The Morgan fingerprint density at radius 1 is 0.970 bits per heavy atom. The maximum Gasteiger partial charge on any atom is 0.304 e. The third-order valence-electron chi connectivity index (χ3n) is 5.47. The fourth-order valence-electron chi connectivity index (χ4n) is 3.69. The zero-order chi connectivity index (χ0) is 24.0. The van der Waals surface area contributed by atoms with Gasteiger partial charge in [0.25, 0.3) is 5.91 Å². The Balaban J connectivity index is 1.84. The summed E-state index contributed by atoms with van der Waals surface area (Å²) >= 11 is 0. The van der Waals surface area contributed by atoms with E-state index < -0.39 is 28.5 Å². The van der Waals surface area contributed by atoms with Crippen LogP contribution in [0.4, 0.5) is 15.8 Å².